The molecule has 0 bridgehead atoms. The van der Waals surface area contributed by atoms with Gasteiger partial charge in [0, 0.05) is 58.5 Å². The number of methoxy groups -OCH3 is 2. The number of rotatable bonds is 9. The Balaban J connectivity index is 0.00000210. The van der Waals surface area contributed by atoms with Gasteiger partial charge in [0.05, 0.1) is 47.6 Å². The number of hydrogen-bond acceptors (Lipinski definition) is 15. The first kappa shape index (κ1) is 51.3. The summed E-state index contributed by atoms with van der Waals surface area (Å²) in [6.45, 7) is 17.1. The molecular formula is C41H76N2O14. The molecule has 0 aliphatic carbocycles. The second kappa shape index (κ2) is 21.1. The van der Waals surface area contributed by atoms with Crippen LogP contribution in [0.3, 0.4) is 0 Å². The Kier molecular flexibility index (Phi) is 19.0. The first-order chi connectivity index (χ1) is 26.3. The van der Waals surface area contributed by atoms with Crippen molar-refractivity contribution >= 4 is 18.2 Å². The molecule has 334 valence electrons. The molecule has 4 N–H and O–H groups in total. The van der Waals surface area contributed by atoms with Gasteiger partial charge in [0.15, 0.2) is 12.6 Å². The Hall–Kier alpha value is -1.83. The fourth-order valence-corrected chi connectivity index (χ4v) is 8.58. The monoisotopic (exact) mass is 821 g/mol. The van der Waals surface area contributed by atoms with Gasteiger partial charge in [-0.05, 0) is 74.9 Å². The quantitative estimate of drug-likeness (QED) is 0.195. The number of hydrogen-bond donors (Lipinski definition) is 4. The average Bonchev–Trinajstić information content (AvgIpc) is 3.15. The molecule has 3 saturated heterocycles. The van der Waals surface area contributed by atoms with Gasteiger partial charge in [-0.1, -0.05) is 27.7 Å². The standard InChI is InChI=1S/C38H69NO13.C3H7NO/c1-15-26-38(10,45)31(42)21(4)28(40)19(2)17-37(9,47-14)33(52-35-29(41)25(39(11)12)16-20(3)48-35)22(5)30(23(6)34(44)50-26)51-27-18-36(8,46-13)32(43)24(7)49-27;1-4(2)3-5/h19-27,29-33,35,41-43,45H,15-18H2,1-14H3;3H,1-2H3/t19-,20-,21-,22+,23-,24+,25+,26+,27+,29-,30+,31-,32+,33-,35+,36-,37-,38-;/m1./s1. The normalized spacial score (nSPS) is 45.3. The number of ether oxygens (including phenoxy) is 7. The van der Waals surface area contributed by atoms with Crippen LogP contribution in [0.4, 0.5) is 0 Å². The topological polar surface area (TPSA) is 203 Å². The number of esters is 1. The predicted molar refractivity (Wildman–Crippen MR) is 211 cm³/mol. The van der Waals surface area contributed by atoms with Crippen LogP contribution in [0.25, 0.3) is 0 Å². The van der Waals surface area contributed by atoms with Crippen LogP contribution in [-0.4, -0.2) is 175 Å². The minimum Gasteiger partial charge on any atom is -0.459 e. The molecule has 3 heterocycles. The number of ketones is 1. The number of likely N-dealkylation sites (N-methyl/N-ethyl adjacent to an activating group) is 1. The molecule has 16 heteroatoms. The second-order valence-electron chi connectivity index (χ2n) is 17.7. The molecule has 16 nitrogen and oxygen atoms in total. The van der Waals surface area contributed by atoms with E-state index < -0.39 is 102 Å². The molecular weight excluding hydrogens is 744 g/mol. The van der Waals surface area contributed by atoms with Crippen molar-refractivity contribution in [1.82, 2.24) is 9.80 Å². The van der Waals surface area contributed by atoms with Crippen molar-refractivity contribution in [2.75, 3.05) is 42.4 Å². The van der Waals surface area contributed by atoms with E-state index in [2.05, 4.69) is 0 Å². The minimum atomic E-state index is -1.96. The van der Waals surface area contributed by atoms with Crippen molar-refractivity contribution in [2.45, 2.75) is 179 Å². The maximum atomic E-state index is 14.2. The van der Waals surface area contributed by atoms with E-state index in [0.29, 0.717) is 6.42 Å². The highest BCUT2D eigenvalue weighted by Crippen LogP contribution is 2.41. The number of carbonyl (C=O) groups is 3. The maximum Gasteiger partial charge on any atom is 0.311 e. The van der Waals surface area contributed by atoms with Gasteiger partial charge in [-0.15, -0.1) is 0 Å². The van der Waals surface area contributed by atoms with Gasteiger partial charge in [-0.2, -0.15) is 0 Å². The average molecular weight is 821 g/mol. The molecule has 0 unspecified atom stereocenters. The molecule has 0 aromatic heterocycles. The molecule has 3 aliphatic rings. The fraction of sp³-hybridized carbons (Fsp3) is 0.927. The van der Waals surface area contributed by atoms with E-state index in [1.165, 1.54) is 26.0 Å². The number of cyclic esters (lactones) is 1. The van der Waals surface area contributed by atoms with Crippen molar-refractivity contribution < 1.29 is 68.0 Å². The third-order valence-electron chi connectivity index (χ3n) is 12.5. The van der Waals surface area contributed by atoms with Crippen molar-refractivity contribution in [3.63, 3.8) is 0 Å². The summed E-state index contributed by atoms with van der Waals surface area (Å²) in [4.78, 5) is 40.9. The summed E-state index contributed by atoms with van der Waals surface area (Å²) in [6.07, 6.45) is -7.98. The predicted octanol–water partition coefficient (Wildman–Crippen LogP) is 2.14. The Bertz CT molecular complexity index is 1290. The van der Waals surface area contributed by atoms with E-state index >= 15 is 0 Å². The molecule has 3 fully saturated rings. The van der Waals surface area contributed by atoms with Gasteiger partial charge < -0.3 is 63.4 Å². The molecule has 18 atom stereocenters. The van der Waals surface area contributed by atoms with Gasteiger partial charge in [-0.25, -0.2) is 0 Å². The van der Waals surface area contributed by atoms with Gasteiger partial charge in [0.25, 0.3) is 0 Å². The summed E-state index contributed by atoms with van der Waals surface area (Å²) in [5.41, 5.74) is -4.24. The largest absolute Gasteiger partial charge is 0.459 e. The number of nitrogens with zero attached hydrogens (tertiary/aromatic N) is 2. The highest BCUT2D eigenvalue weighted by molar-refractivity contribution is 5.83. The Morgan fingerprint density at radius 3 is 1.89 bits per heavy atom. The zero-order chi connectivity index (χ0) is 44.0. The molecule has 0 saturated carbocycles. The summed E-state index contributed by atoms with van der Waals surface area (Å²) in [5, 5.41) is 45.6. The summed E-state index contributed by atoms with van der Waals surface area (Å²) < 4.78 is 43.9. The van der Waals surface area contributed by atoms with Crippen LogP contribution in [0.15, 0.2) is 0 Å². The second-order valence-corrected chi connectivity index (χ2v) is 17.7. The molecule has 0 aromatic carbocycles. The Labute approximate surface area is 340 Å². The van der Waals surface area contributed by atoms with E-state index in [4.69, 9.17) is 33.2 Å². The molecule has 0 spiro atoms. The van der Waals surface area contributed by atoms with Crippen molar-refractivity contribution in [2.24, 2.45) is 23.7 Å². The first-order valence-corrected chi connectivity index (χ1v) is 20.3. The van der Waals surface area contributed by atoms with Gasteiger partial charge in [0.2, 0.25) is 6.41 Å². The summed E-state index contributed by atoms with van der Waals surface area (Å²) in [5.74, 6) is -4.47. The first-order valence-electron chi connectivity index (χ1n) is 20.3. The van der Waals surface area contributed by atoms with Crippen LogP contribution in [0, 0.1) is 23.7 Å². The maximum absolute atomic E-state index is 14.2. The fourth-order valence-electron chi connectivity index (χ4n) is 8.58. The SMILES string of the molecule is CC[C@@H]1OC(=O)[C@H](C)[C@@H](O[C@H]2C[C@@](C)(OC)[C@@H](O)[C@H](C)O2)[C@H](C)[C@@H](O[C@@H]2O[C@H](C)C[C@H](N(C)C)[C@H]2O)[C@](C)(OC)C[C@@H](C)C(=O)[C@@H](C)[C@@H](O)[C@]1(C)O.CN(C)C=O. The van der Waals surface area contributed by atoms with Crippen molar-refractivity contribution in [3.05, 3.63) is 0 Å². The summed E-state index contributed by atoms with van der Waals surface area (Å²) >= 11 is 0. The van der Waals surface area contributed by atoms with Gasteiger partial charge in [0.1, 0.15) is 29.7 Å². The van der Waals surface area contributed by atoms with Crippen LogP contribution in [0.1, 0.15) is 94.9 Å². The third kappa shape index (κ3) is 12.1. The van der Waals surface area contributed by atoms with E-state index in [-0.39, 0.29) is 37.2 Å². The lowest BCUT2D eigenvalue weighted by Gasteiger charge is -2.50. The van der Waals surface area contributed by atoms with Crippen LogP contribution in [-0.2, 0) is 47.5 Å². The van der Waals surface area contributed by atoms with Gasteiger partial charge in [-0.3, -0.25) is 14.4 Å². The lowest BCUT2D eigenvalue weighted by Crippen LogP contribution is -2.61. The molecule has 0 radical (unpaired) electrons. The number of amides is 1. The summed E-state index contributed by atoms with van der Waals surface area (Å²) in [7, 11) is 10.1. The van der Waals surface area contributed by atoms with Crippen LogP contribution < -0.4 is 0 Å². The molecule has 3 rings (SSSR count). The smallest absolute Gasteiger partial charge is 0.311 e. The number of carbonyl (C=O) groups excluding carboxylic acids is 3. The molecule has 3 aliphatic heterocycles. The number of aliphatic hydroxyl groups is 4. The lowest BCUT2D eigenvalue weighted by atomic mass is 9.74. The highest BCUT2D eigenvalue weighted by Gasteiger charge is 2.54. The minimum absolute atomic E-state index is 0.111. The molecule has 0 aromatic rings. The highest BCUT2D eigenvalue weighted by atomic mass is 16.7. The summed E-state index contributed by atoms with van der Waals surface area (Å²) in [6, 6.07) is -0.283. The lowest BCUT2D eigenvalue weighted by molar-refractivity contribution is -0.319. The van der Waals surface area contributed by atoms with Crippen LogP contribution in [0.5, 0.6) is 0 Å². The number of aliphatic hydroxyl groups excluding tert-OH is 3. The van der Waals surface area contributed by atoms with Crippen LogP contribution >= 0.6 is 0 Å². The Morgan fingerprint density at radius 1 is 0.842 bits per heavy atom. The Morgan fingerprint density at radius 2 is 1.40 bits per heavy atom. The van der Waals surface area contributed by atoms with E-state index in [9.17, 15) is 34.8 Å². The molecule has 57 heavy (non-hydrogen) atoms. The zero-order valence-corrected chi connectivity index (χ0v) is 37.3. The van der Waals surface area contributed by atoms with Crippen molar-refractivity contribution in [1.29, 1.82) is 0 Å². The van der Waals surface area contributed by atoms with Crippen molar-refractivity contribution in [3.8, 4) is 0 Å². The third-order valence-corrected chi connectivity index (χ3v) is 12.5. The van der Waals surface area contributed by atoms with E-state index in [1.807, 2.05) is 32.8 Å². The van der Waals surface area contributed by atoms with Crippen LogP contribution in [0.2, 0.25) is 0 Å². The van der Waals surface area contributed by atoms with E-state index in [1.54, 1.807) is 62.6 Å². The number of Topliss-reactive ketones (excluding diaryl/α,β-unsaturated/α-hetero) is 1. The zero-order valence-electron chi connectivity index (χ0n) is 37.3. The van der Waals surface area contributed by atoms with E-state index in [0.717, 1.165) is 6.41 Å². The van der Waals surface area contributed by atoms with Gasteiger partial charge >= 0.3 is 5.97 Å². The molecule has 1 amide bonds.